The highest BCUT2D eigenvalue weighted by Gasteiger charge is 2.23. The maximum absolute atomic E-state index is 11.7. The number of para-hydroxylation sites is 1. The zero-order chi connectivity index (χ0) is 17.2. The van der Waals surface area contributed by atoms with E-state index in [9.17, 15) is 8.42 Å². The van der Waals surface area contributed by atoms with Crippen molar-refractivity contribution in [3.63, 3.8) is 0 Å². The molecule has 0 bridgehead atoms. The highest BCUT2D eigenvalue weighted by molar-refractivity contribution is 7.92. The van der Waals surface area contributed by atoms with E-state index in [1.54, 1.807) is 12.1 Å². The molecule has 0 saturated heterocycles. The average molecular weight is 346 g/mol. The third-order valence-electron chi connectivity index (χ3n) is 3.62. The second kappa shape index (κ2) is 6.52. The summed E-state index contributed by atoms with van der Waals surface area (Å²) in [7, 11) is -1.91. The number of oxime groups is 1. The lowest BCUT2D eigenvalue weighted by Crippen LogP contribution is -2.11. The van der Waals surface area contributed by atoms with Crippen LogP contribution in [0.5, 0.6) is 11.5 Å². The van der Waals surface area contributed by atoms with E-state index in [1.807, 2.05) is 30.3 Å². The maximum atomic E-state index is 11.7. The van der Waals surface area contributed by atoms with Gasteiger partial charge in [-0.15, -0.1) is 0 Å². The fourth-order valence-electron chi connectivity index (χ4n) is 2.67. The molecule has 1 aliphatic carbocycles. The van der Waals surface area contributed by atoms with Crippen LogP contribution >= 0.6 is 0 Å². The summed E-state index contributed by atoms with van der Waals surface area (Å²) in [6.45, 7) is 0. The molecular formula is C17H18N2O4S. The smallest absolute Gasteiger partial charge is 0.229 e. The number of rotatable bonds is 5. The summed E-state index contributed by atoms with van der Waals surface area (Å²) in [6.07, 6.45) is 2.64. The summed E-state index contributed by atoms with van der Waals surface area (Å²) < 4.78 is 31.7. The van der Waals surface area contributed by atoms with E-state index in [-0.39, 0.29) is 0 Å². The van der Waals surface area contributed by atoms with E-state index in [0.717, 1.165) is 35.9 Å². The van der Waals surface area contributed by atoms with Gasteiger partial charge in [0.05, 0.1) is 17.7 Å². The SMILES string of the molecule is CO/N=C1/CCc2cc(NS(C)(=O)=O)c(Oc3ccccc3)cc21. The van der Waals surface area contributed by atoms with Crippen molar-refractivity contribution in [1.29, 1.82) is 0 Å². The molecule has 1 N–H and O–H groups in total. The first-order valence-corrected chi connectivity index (χ1v) is 9.33. The van der Waals surface area contributed by atoms with Crippen molar-refractivity contribution >= 4 is 21.4 Å². The molecule has 0 unspecified atom stereocenters. The highest BCUT2D eigenvalue weighted by Crippen LogP contribution is 2.36. The van der Waals surface area contributed by atoms with Crippen LogP contribution in [0.4, 0.5) is 5.69 Å². The predicted octanol–water partition coefficient (Wildman–Crippen LogP) is 3.15. The van der Waals surface area contributed by atoms with Crippen LogP contribution < -0.4 is 9.46 Å². The lowest BCUT2D eigenvalue weighted by molar-refractivity contribution is 0.213. The van der Waals surface area contributed by atoms with Gasteiger partial charge in [0.25, 0.3) is 0 Å². The Hall–Kier alpha value is -2.54. The van der Waals surface area contributed by atoms with Crippen LogP contribution in [-0.2, 0) is 21.3 Å². The number of fused-ring (bicyclic) bond motifs is 1. The Balaban J connectivity index is 2.06. The molecule has 0 amide bonds. The van der Waals surface area contributed by atoms with Gasteiger partial charge in [0.15, 0.2) is 5.75 Å². The fourth-order valence-corrected chi connectivity index (χ4v) is 3.23. The first-order chi connectivity index (χ1) is 11.5. The van der Waals surface area contributed by atoms with Gasteiger partial charge in [0.1, 0.15) is 12.9 Å². The van der Waals surface area contributed by atoms with Crippen LogP contribution in [0.1, 0.15) is 17.5 Å². The summed E-state index contributed by atoms with van der Waals surface area (Å²) >= 11 is 0. The Morgan fingerprint density at radius 3 is 2.54 bits per heavy atom. The predicted molar refractivity (Wildman–Crippen MR) is 93.3 cm³/mol. The molecule has 2 aromatic rings. The topological polar surface area (TPSA) is 77.0 Å². The Bertz CT molecular complexity index is 877. The standard InChI is InChI=1S/C17H18N2O4S/c1-22-18-15-9-8-12-10-16(19-24(2,20)21)17(11-14(12)15)23-13-6-4-3-5-7-13/h3-7,10-11,19H,8-9H2,1-2H3/b18-15-. The first kappa shape index (κ1) is 16.3. The molecule has 6 nitrogen and oxygen atoms in total. The van der Waals surface area contributed by atoms with Crippen molar-refractivity contribution in [2.75, 3.05) is 18.1 Å². The molecule has 3 rings (SSSR count). The Kier molecular flexibility index (Phi) is 4.44. The van der Waals surface area contributed by atoms with E-state index in [1.165, 1.54) is 7.11 Å². The fraction of sp³-hybridized carbons (Fsp3) is 0.235. The molecule has 0 radical (unpaired) electrons. The second-order valence-corrected chi connectivity index (χ2v) is 7.26. The Labute approximate surface area is 141 Å². The third-order valence-corrected chi connectivity index (χ3v) is 4.21. The Morgan fingerprint density at radius 2 is 1.88 bits per heavy atom. The molecule has 0 aliphatic heterocycles. The summed E-state index contributed by atoms with van der Waals surface area (Å²) in [4.78, 5) is 4.89. The van der Waals surface area contributed by atoms with E-state index in [4.69, 9.17) is 9.57 Å². The first-order valence-electron chi connectivity index (χ1n) is 7.44. The van der Waals surface area contributed by atoms with Crippen molar-refractivity contribution in [2.24, 2.45) is 5.16 Å². The molecule has 0 atom stereocenters. The molecule has 0 spiro atoms. The number of ether oxygens (including phenoxy) is 1. The molecule has 0 saturated carbocycles. The molecule has 0 aromatic heterocycles. The van der Waals surface area contributed by atoms with Gasteiger partial charge in [-0.05, 0) is 42.7 Å². The lowest BCUT2D eigenvalue weighted by atomic mass is 10.1. The van der Waals surface area contributed by atoms with Crippen molar-refractivity contribution in [3.8, 4) is 11.5 Å². The molecule has 7 heteroatoms. The van der Waals surface area contributed by atoms with E-state index < -0.39 is 10.0 Å². The van der Waals surface area contributed by atoms with Gasteiger partial charge >= 0.3 is 0 Å². The van der Waals surface area contributed by atoms with Gasteiger partial charge in [-0.3, -0.25) is 4.72 Å². The van der Waals surface area contributed by atoms with Gasteiger partial charge in [0, 0.05) is 5.56 Å². The highest BCUT2D eigenvalue weighted by atomic mass is 32.2. The van der Waals surface area contributed by atoms with Crippen molar-refractivity contribution in [1.82, 2.24) is 0 Å². The number of sulfonamides is 1. The van der Waals surface area contributed by atoms with E-state index in [0.29, 0.717) is 17.2 Å². The van der Waals surface area contributed by atoms with Crippen LogP contribution in [0.3, 0.4) is 0 Å². The minimum atomic E-state index is -3.42. The van der Waals surface area contributed by atoms with Crippen molar-refractivity contribution < 1.29 is 18.0 Å². The number of benzene rings is 2. The number of aryl methyl sites for hydroxylation is 1. The minimum Gasteiger partial charge on any atom is -0.455 e. The molecule has 0 heterocycles. The number of nitrogens with one attached hydrogen (secondary N) is 1. The summed E-state index contributed by atoms with van der Waals surface area (Å²) in [5.74, 6) is 1.05. The Morgan fingerprint density at radius 1 is 1.12 bits per heavy atom. The molecule has 2 aromatic carbocycles. The van der Waals surface area contributed by atoms with Crippen LogP contribution in [0, 0.1) is 0 Å². The molecule has 0 fully saturated rings. The van der Waals surface area contributed by atoms with Gasteiger partial charge in [-0.25, -0.2) is 8.42 Å². The monoisotopic (exact) mass is 346 g/mol. The molecule has 1 aliphatic rings. The zero-order valence-electron chi connectivity index (χ0n) is 13.4. The second-order valence-electron chi connectivity index (χ2n) is 5.52. The number of anilines is 1. The van der Waals surface area contributed by atoms with Gasteiger partial charge < -0.3 is 9.57 Å². The van der Waals surface area contributed by atoms with Crippen LogP contribution in [-0.4, -0.2) is 27.5 Å². The molecule has 126 valence electrons. The quantitative estimate of drug-likeness (QED) is 0.844. The molecular weight excluding hydrogens is 328 g/mol. The number of hydrogen-bond acceptors (Lipinski definition) is 5. The number of hydrogen-bond donors (Lipinski definition) is 1. The van der Waals surface area contributed by atoms with E-state index >= 15 is 0 Å². The average Bonchev–Trinajstić information content (AvgIpc) is 2.90. The summed E-state index contributed by atoms with van der Waals surface area (Å²) in [6, 6.07) is 12.8. The minimum absolute atomic E-state index is 0.416. The largest absolute Gasteiger partial charge is 0.455 e. The van der Waals surface area contributed by atoms with Gasteiger partial charge in [-0.1, -0.05) is 23.4 Å². The lowest BCUT2D eigenvalue weighted by Gasteiger charge is -2.14. The van der Waals surface area contributed by atoms with Crippen molar-refractivity contribution in [2.45, 2.75) is 12.8 Å². The van der Waals surface area contributed by atoms with Gasteiger partial charge in [-0.2, -0.15) is 0 Å². The van der Waals surface area contributed by atoms with Crippen LogP contribution in [0.25, 0.3) is 0 Å². The third kappa shape index (κ3) is 3.68. The van der Waals surface area contributed by atoms with E-state index in [2.05, 4.69) is 9.88 Å². The zero-order valence-corrected chi connectivity index (χ0v) is 14.3. The van der Waals surface area contributed by atoms with Crippen LogP contribution in [0.2, 0.25) is 0 Å². The summed E-state index contributed by atoms with van der Waals surface area (Å²) in [5, 5.41) is 4.04. The van der Waals surface area contributed by atoms with Crippen molar-refractivity contribution in [3.05, 3.63) is 53.6 Å². The molecule has 24 heavy (non-hydrogen) atoms. The van der Waals surface area contributed by atoms with Gasteiger partial charge in [0.2, 0.25) is 10.0 Å². The number of nitrogens with zero attached hydrogens (tertiary/aromatic N) is 1. The normalized spacial score (nSPS) is 15.2. The summed E-state index contributed by atoms with van der Waals surface area (Å²) in [5.41, 5.74) is 3.18. The maximum Gasteiger partial charge on any atom is 0.229 e. The van der Waals surface area contributed by atoms with Crippen LogP contribution in [0.15, 0.2) is 47.6 Å².